The summed E-state index contributed by atoms with van der Waals surface area (Å²) < 4.78 is 9.53. The summed E-state index contributed by atoms with van der Waals surface area (Å²) >= 11 is 0. The molecule has 1 heterocycles. The van der Waals surface area contributed by atoms with Gasteiger partial charge in [0.25, 0.3) is 0 Å². The quantitative estimate of drug-likeness (QED) is 0.629. The van der Waals surface area contributed by atoms with Gasteiger partial charge in [-0.05, 0) is 20.8 Å². The molecule has 1 aromatic heterocycles. The van der Waals surface area contributed by atoms with E-state index in [9.17, 15) is 4.79 Å². The Kier molecular flexibility index (Phi) is 2.47. The molecular formula is C8H11NO3. The van der Waals surface area contributed by atoms with Crippen LogP contribution in [0.1, 0.15) is 28.7 Å². The first-order chi connectivity index (χ1) is 5.66. The van der Waals surface area contributed by atoms with Crippen molar-refractivity contribution >= 4 is 5.97 Å². The molecule has 0 radical (unpaired) electrons. The van der Waals surface area contributed by atoms with E-state index in [0.717, 1.165) is 11.3 Å². The summed E-state index contributed by atoms with van der Waals surface area (Å²) in [4.78, 5) is 11.1. The summed E-state index contributed by atoms with van der Waals surface area (Å²) in [6.45, 7) is 5.65. The smallest absolute Gasteiger partial charge is 0.377 e. The summed E-state index contributed by atoms with van der Waals surface area (Å²) in [5.41, 5.74) is 1.46. The Bertz CT molecular complexity index is 290. The number of rotatable bonds is 2. The van der Waals surface area contributed by atoms with Gasteiger partial charge in [0.15, 0.2) is 0 Å². The van der Waals surface area contributed by atoms with Gasteiger partial charge in [-0.1, -0.05) is 5.16 Å². The zero-order chi connectivity index (χ0) is 9.14. The normalized spacial score (nSPS) is 9.92. The molecule has 1 rings (SSSR count). The van der Waals surface area contributed by atoms with E-state index in [2.05, 4.69) is 5.16 Å². The van der Waals surface area contributed by atoms with Crippen LogP contribution in [0.2, 0.25) is 0 Å². The van der Waals surface area contributed by atoms with Crippen LogP contribution in [-0.4, -0.2) is 17.7 Å². The van der Waals surface area contributed by atoms with E-state index in [1.54, 1.807) is 20.8 Å². The van der Waals surface area contributed by atoms with Crippen molar-refractivity contribution in [3.05, 3.63) is 17.0 Å². The van der Waals surface area contributed by atoms with E-state index in [1.165, 1.54) is 0 Å². The molecule has 0 unspecified atom stereocenters. The Labute approximate surface area is 70.5 Å². The third-order valence-electron chi connectivity index (χ3n) is 1.62. The number of carbonyl (C=O) groups excluding carboxylic acids is 1. The lowest BCUT2D eigenvalue weighted by Crippen LogP contribution is -2.04. The fourth-order valence-corrected chi connectivity index (χ4v) is 0.802. The summed E-state index contributed by atoms with van der Waals surface area (Å²) in [5, 5.41) is 3.64. The van der Waals surface area contributed by atoms with E-state index in [-0.39, 0.29) is 5.76 Å². The predicted octanol–water partition coefficient (Wildman–Crippen LogP) is 1.47. The van der Waals surface area contributed by atoms with Gasteiger partial charge in [-0.2, -0.15) is 0 Å². The molecule has 0 bridgehead atoms. The Balaban J connectivity index is 2.88. The topological polar surface area (TPSA) is 52.3 Å². The van der Waals surface area contributed by atoms with Crippen LogP contribution in [0.25, 0.3) is 0 Å². The van der Waals surface area contributed by atoms with Crippen LogP contribution < -0.4 is 0 Å². The molecule has 0 aliphatic rings. The lowest BCUT2D eigenvalue weighted by Gasteiger charge is -1.96. The standard InChI is InChI=1S/C8H11NO3/c1-4-11-8(10)7-5(2)6(3)9-12-7/h4H2,1-3H3. The molecule has 0 aliphatic heterocycles. The summed E-state index contributed by atoms with van der Waals surface area (Å²) in [5.74, 6) is -0.245. The number of hydrogen-bond donors (Lipinski definition) is 0. The number of aryl methyl sites for hydroxylation is 1. The molecule has 0 aromatic carbocycles. The van der Waals surface area contributed by atoms with Gasteiger partial charge in [0.1, 0.15) is 0 Å². The van der Waals surface area contributed by atoms with Crippen molar-refractivity contribution in [2.45, 2.75) is 20.8 Å². The highest BCUT2D eigenvalue weighted by molar-refractivity contribution is 5.87. The second kappa shape index (κ2) is 3.38. The summed E-state index contributed by atoms with van der Waals surface area (Å²) in [6.07, 6.45) is 0. The zero-order valence-corrected chi connectivity index (χ0v) is 7.38. The van der Waals surface area contributed by atoms with Gasteiger partial charge < -0.3 is 9.26 Å². The molecule has 4 heteroatoms. The third kappa shape index (κ3) is 1.47. The van der Waals surface area contributed by atoms with Crippen molar-refractivity contribution < 1.29 is 14.1 Å². The molecule has 1 aromatic rings. The van der Waals surface area contributed by atoms with Gasteiger partial charge in [0, 0.05) is 5.56 Å². The number of nitrogens with zero attached hydrogens (tertiary/aromatic N) is 1. The van der Waals surface area contributed by atoms with Crippen LogP contribution in [0, 0.1) is 13.8 Å². The lowest BCUT2D eigenvalue weighted by atomic mass is 10.2. The first-order valence-corrected chi connectivity index (χ1v) is 3.76. The average molecular weight is 169 g/mol. The second-order valence-corrected chi connectivity index (χ2v) is 2.44. The molecule has 0 spiro atoms. The number of hydrogen-bond acceptors (Lipinski definition) is 4. The van der Waals surface area contributed by atoms with Crippen molar-refractivity contribution in [3.8, 4) is 0 Å². The minimum Gasteiger partial charge on any atom is -0.460 e. The summed E-state index contributed by atoms with van der Waals surface area (Å²) in [7, 11) is 0. The zero-order valence-electron chi connectivity index (χ0n) is 7.38. The fraction of sp³-hybridized carbons (Fsp3) is 0.500. The second-order valence-electron chi connectivity index (χ2n) is 2.44. The van der Waals surface area contributed by atoms with Gasteiger partial charge >= 0.3 is 5.97 Å². The predicted molar refractivity (Wildman–Crippen MR) is 41.9 cm³/mol. The molecule has 0 saturated carbocycles. The Morgan fingerprint density at radius 2 is 2.25 bits per heavy atom. The van der Waals surface area contributed by atoms with Gasteiger partial charge in [-0.15, -0.1) is 0 Å². The average Bonchev–Trinajstić information content (AvgIpc) is 2.34. The number of carbonyl (C=O) groups is 1. The van der Waals surface area contributed by atoms with E-state index < -0.39 is 5.97 Å². The van der Waals surface area contributed by atoms with Crippen LogP contribution in [-0.2, 0) is 4.74 Å². The van der Waals surface area contributed by atoms with Gasteiger partial charge in [-0.3, -0.25) is 0 Å². The first-order valence-electron chi connectivity index (χ1n) is 3.76. The molecule has 0 fully saturated rings. The number of esters is 1. The SMILES string of the molecule is CCOC(=O)c1onc(C)c1C. The first kappa shape index (κ1) is 8.77. The maximum absolute atomic E-state index is 11.1. The Hall–Kier alpha value is -1.32. The number of ether oxygens (including phenoxy) is 1. The van der Waals surface area contributed by atoms with Crippen molar-refractivity contribution in [2.75, 3.05) is 6.61 Å². The van der Waals surface area contributed by atoms with Crippen LogP contribution in [0.4, 0.5) is 0 Å². The van der Waals surface area contributed by atoms with E-state index in [4.69, 9.17) is 9.26 Å². The Morgan fingerprint density at radius 1 is 1.58 bits per heavy atom. The molecule has 0 N–H and O–H groups in total. The van der Waals surface area contributed by atoms with Crippen LogP contribution >= 0.6 is 0 Å². The molecule has 66 valence electrons. The van der Waals surface area contributed by atoms with Crippen LogP contribution in [0.3, 0.4) is 0 Å². The summed E-state index contributed by atoms with van der Waals surface area (Å²) in [6, 6.07) is 0. The van der Waals surface area contributed by atoms with Crippen molar-refractivity contribution in [1.29, 1.82) is 0 Å². The maximum Gasteiger partial charge on any atom is 0.377 e. The third-order valence-corrected chi connectivity index (χ3v) is 1.62. The number of aromatic nitrogens is 1. The van der Waals surface area contributed by atoms with Gasteiger partial charge in [0.05, 0.1) is 12.3 Å². The molecule has 4 nitrogen and oxygen atoms in total. The van der Waals surface area contributed by atoms with Gasteiger partial charge in [-0.25, -0.2) is 4.79 Å². The van der Waals surface area contributed by atoms with Crippen molar-refractivity contribution in [2.24, 2.45) is 0 Å². The molecule has 12 heavy (non-hydrogen) atoms. The highest BCUT2D eigenvalue weighted by Gasteiger charge is 2.17. The van der Waals surface area contributed by atoms with E-state index in [0.29, 0.717) is 6.61 Å². The van der Waals surface area contributed by atoms with E-state index in [1.807, 2.05) is 0 Å². The maximum atomic E-state index is 11.1. The largest absolute Gasteiger partial charge is 0.460 e. The van der Waals surface area contributed by atoms with Crippen molar-refractivity contribution in [3.63, 3.8) is 0 Å². The van der Waals surface area contributed by atoms with Crippen molar-refractivity contribution in [1.82, 2.24) is 5.16 Å². The molecule has 0 aliphatic carbocycles. The van der Waals surface area contributed by atoms with Crippen LogP contribution in [0.5, 0.6) is 0 Å². The minimum absolute atomic E-state index is 0.203. The monoisotopic (exact) mass is 169 g/mol. The lowest BCUT2D eigenvalue weighted by molar-refractivity contribution is 0.0478. The molecule has 0 saturated heterocycles. The van der Waals surface area contributed by atoms with Gasteiger partial charge in [0.2, 0.25) is 5.76 Å². The van der Waals surface area contributed by atoms with E-state index >= 15 is 0 Å². The Morgan fingerprint density at radius 3 is 2.67 bits per heavy atom. The minimum atomic E-state index is -0.449. The molecular weight excluding hydrogens is 158 g/mol. The molecule has 0 amide bonds. The fourth-order valence-electron chi connectivity index (χ4n) is 0.802. The molecule has 0 atom stereocenters. The highest BCUT2D eigenvalue weighted by atomic mass is 16.6. The van der Waals surface area contributed by atoms with Crippen LogP contribution in [0.15, 0.2) is 4.52 Å². The highest BCUT2D eigenvalue weighted by Crippen LogP contribution is 2.12.